The van der Waals surface area contributed by atoms with Crippen molar-refractivity contribution in [1.82, 2.24) is 9.55 Å². The van der Waals surface area contributed by atoms with E-state index in [4.69, 9.17) is 18.9 Å². The van der Waals surface area contributed by atoms with Crippen molar-refractivity contribution in [3.63, 3.8) is 0 Å². The van der Waals surface area contributed by atoms with Gasteiger partial charge >= 0.3 is 11.7 Å². The summed E-state index contributed by atoms with van der Waals surface area (Å²) in [6.45, 7) is 4.79. The summed E-state index contributed by atoms with van der Waals surface area (Å²) in [6.07, 6.45) is -1.07. The van der Waals surface area contributed by atoms with Crippen LogP contribution in [0.5, 0.6) is 0 Å². The zero-order valence-electron chi connectivity index (χ0n) is 13.0. The molecule has 2 fully saturated rings. The van der Waals surface area contributed by atoms with Crippen LogP contribution in [0.15, 0.2) is 21.9 Å². The summed E-state index contributed by atoms with van der Waals surface area (Å²) in [5, 5.41) is 0. The number of hydrogen-bond acceptors (Lipinski definition) is 7. The molecule has 0 amide bonds. The third-order valence-electron chi connectivity index (χ3n) is 3.70. The van der Waals surface area contributed by atoms with Gasteiger partial charge in [0.1, 0.15) is 24.9 Å². The van der Waals surface area contributed by atoms with E-state index in [0.717, 1.165) is 0 Å². The maximum Gasteiger partial charge on any atom is 0.330 e. The molecule has 9 nitrogen and oxygen atoms in total. The van der Waals surface area contributed by atoms with Crippen LogP contribution in [0.1, 0.15) is 27.0 Å². The quantitative estimate of drug-likeness (QED) is 0.747. The van der Waals surface area contributed by atoms with E-state index in [-0.39, 0.29) is 6.61 Å². The van der Waals surface area contributed by atoms with E-state index in [1.807, 2.05) is 0 Å². The Labute approximate surface area is 131 Å². The molecule has 0 aromatic carbocycles. The topological polar surface area (TPSA) is 109 Å². The molecule has 0 bridgehead atoms. The number of ether oxygens (including phenoxy) is 4. The predicted molar refractivity (Wildman–Crippen MR) is 75.7 cm³/mol. The number of esters is 1. The van der Waals surface area contributed by atoms with Crippen molar-refractivity contribution in [1.29, 1.82) is 0 Å². The van der Waals surface area contributed by atoms with E-state index in [1.54, 1.807) is 13.8 Å². The predicted octanol–water partition coefficient (Wildman–Crippen LogP) is -0.483. The third kappa shape index (κ3) is 3.07. The van der Waals surface area contributed by atoms with E-state index in [2.05, 4.69) is 4.98 Å². The first-order chi connectivity index (χ1) is 10.8. The second-order valence-corrected chi connectivity index (χ2v) is 5.95. The van der Waals surface area contributed by atoms with Crippen LogP contribution in [0.4, 0.5) is 0 Å². The molecular weight excluding hydrogens is 308 g/mol. The van der Waals surface area contributed by atoms with Gasteiger partial charge in [-0.1, -0.05) is 0 Å². The summed E-state index contributed by atoms with van der Waals surface area (Å²) in [5.41, 5.74) is -1.11. The molecule has 1 aromatic rings. The van der Waals surface area contributed by atoms with Crippen LogP contribution in [0.3, 0.4) is 0 Å². The number of hydrogen-bond donors (Lipinski definition) is 1. The van der Waals surface area contributed by atoms with Crippen LogP contribution in [-0.2, 0) is 23.7 Å². The lowest BCUT2D eigenvalue weighted by atomic mass is 10.1. The van der Waals surface area contributed by atoms with Gasteiger partial charge in [0, 0.05) is 19.2 Å². The second kappa shape index (κ2) is 5.59. The van der Waals surface area contributed by atoms with Crippen molar-refractivity contribution in [2.45, 2.75) is 51.1 Å². The highest BCUT2D eigenvalue weighted by molar-refractivity contribution is 5.65. The van der Waals surface area contributed by atoms with Gasteiger partial charge in [0.25, 0.3) is 5.56 Å². The highest BCUT2D eigenvalue weighted by Gasteiger charge is 2.56. The Hall–Kier alpha value is -1.97. The third-order valence-corrected chi connectivity index (χ3v) is 3.70. The second-order valence-electron chi connectivity index (χ2n) is 5.95. The normalized spacial score (nSPS) is 31.8. The molecule has 9 heteroatoms. The van der Waals surface area contributed by atoms with E-state index >= 15 is 0 Å². The minimum atomic E-state index is -0.850. The molecule has 0 unspecified atom stereocenters. The Kier molecular flexibility index (Phi) is 3.86. The summed E-state index contributed by atoms with van der Waals surface area (Å²) in [6, 6.07) is 1.22. The number of carbonyl (C=O) groups excluding carboxylic acids is 1. The van der Waals surface area contributed by atoms with E-state index < -0.39 is 47.5 Å². The van der Waals surface area contributed by atoms with Crippen LogP contribution in [0, 0.1) is 0 Å². The Morgan fingerprint density at radius 2 is 2.04 bits per heavy atom. The van der Waals surface area contributed by atoms with Gasteiger partial charge in [-0.25, -0.2) is 4.79 Å². The number of nitrogens with one attached hydrogen (secondary N) is 1. The molecule has 2 aliphatic rings. The molecule has 3 heterocycles. The standard InChI is InChI=1S/C14H18N2O7/c1-7(17)20-6-8-10-11(23-14(2,3)22-10)12(21-8)16-5-4-9(18)15-13(16)19/h4-5,8,10-12H,6H2,1-3H3,(H,15,18,19)/t8-,10-,11+,12+/m0/s1. The number of aromatic amines is 1. The van der Waals surface area contributed by atoms with Crippen LogP contribution < -0.4 is 11.2 Å². The number of H-pyrrole nitrogens is 1. The molecule has 0 aliphatic carbocycles. The molecule has 0 saturated carbocycles. The Bertz CT molecular complexity index is 722. The van der Waals surface area contributed by atoms with E-state index in [1.165, 1.54) is 23.8 Å². The molecule has 2 aliphatic heterocycles. The number of nitrogens with zero attached hydrogens (tertiary/aromatic N) is 1. The zero-order chi connectivity index (χ0) is 16.8. The summed E-state index contributed by atoms with van der Waals surface area (Å²) in [4.78, 5) is 36.4. The molecule has 4 atom stereocenters. The fourth-order valence-electron chi connectivity index (χ4n) is 2.84. The Balaban J connectivity index is 1.90. The van der Waals surface area contributed by atoms with Gasteiger partial charge < -0.3 is 18.9 Å². The van der Waals surface area contributed by atoms with Crippen molar-refractivity contribution in [2.75, 3.05) is 6.61 Å². The van der Waals surface area contributed by atoms with E-state index in [9.17, 15) is 14.4 Å². The van der Waals surface area contributed by atoms with Crippen molar-refractivity contribution in [2.24, 2.45) is 0 Å². The van der Waals surface area contributed by atoms with Crippen molar-refractivity contribution >= 4 is 5.97 Å². The monoisotopic (exact) mass is 326 g/mol. The first-order valence-corrected chi connectivity index (χ1v) is 7.23. The van der Waals surface area contributed by atoms with Gasteiger partial charge in [-0.05, 0) is 13.8 Å². The minimum Gasteiger partial charge on any atom is -0.463 e. The SMILES string of the molecule is CC(=O)OC[C@@H]1O[C@@H](n2ccc(=O)[nH]c2=O)[C@@H]2OC(C)(C)O[C@H]21. The minimum absolute atomic E-state index is 0.00938. The lowest BCUT2D eigenvalue weighted by molar-refractivity contribution is -0.202. The maximum atomic E-state index is 12.0. The average molecular weight is 326 g/mol. The maximum absolute atomic E-state index is 12.0. The highest BCUT2D eigenvalue weighted by Crippen LogP contribution is 2.42. The Morgan fingerprint density at radius 3 is 2.70 bits per heavy atom. The number of fused-ring (bicyclic) bond motifs is 1. The first kappa shape index (κ1) is 15.9. The fourth-order valence-corrected chi connectivity index (χ4v) is 2.84. The molecular formula is C14H18N2O7. The number of rotatable bonds is 3. The van der Waals surface area contributed by atoms with Gasteiger partial charge in [-0.3, -0.25) is 19.1 Å². The average Bonchev–Trinajstić information content (AvgIpc) is 2.90. The van der Waals surface area contributed by atoms with Gasteiger partial charge in [-0.2, -0.15) is 0 Å². The zero-order valence-corrected chi connectivity index (χ0v) is 13.0. The number of aromatic nitrogens is 2. The lowest BCUT2D eigenvalue weighted by Crippen LogP contribution is -2.37. The molecule has 2 saturated heterocycles. The van der Waals surface area contributed by atoms with E-state index in [0.29, 0.717) is 0 Å². The Morgan fingerprint density at radius 1 is 1.35 bits per heavy atom. The van der Waals surface area contributed by atoms with Gasteiger partial charge in [0.2, 0.25) is 0 Å². The van der Waals surface area contributed by atoms with Crippen molar-refractivity contribution in [3.05, 3.63) is 33.1 Å². The highest BCUT2D eigenvalue weighted by atomic mass is 16.8. The molecule has 126 valence electrons. The summed E-state index contributed by atoms with van der Waals surface area (Å²) >= 11 is 0. The first-order valence-electron chi connectivity index (χ1n) is 7.23. The molecule has 0 spiro atoms. The molecule has 23 heavy (non-hydrogen) atoms. The summed E-state index contributed by atoms with van der Waals surface area (Å²) in [7, 11) is 0. The molecule has 1 N–H and O–H groups in total. The molecule has 0 radical (unpaired) electrons. The largest absolute Gasteiger partial charge is 0.463 e. The lowest BCUT2D eigenvalue weighted by Gasteiger charge is -2.24. The molecule has 1 aromatic heterocycles. The fraction of sp³-hybridized carbons (Fsp3) is 0.643. The summed E-state index contributed by atoms with van der Waals surface area (Å²) < 4.78 is 23.6. The van der Waals surface area contributed by atoms with Crippen LogP contribution in [0.25, 0.3) is 0 Å². The van der Waals surface area contributed by atoms with Gasteiger partial charge in [0.15, 0.2) is 12.0 Å². The van der Waals surface area contributed by atoms with Crippen molar-refractivity contribution in [3.8, 4) is 0 Å². The van der Waals surface area contributed by atoms with Crippen LogP contribution in [-0.4, -0.2) is 46.2 Å². The van der Waals surface area contributed by atoms with Gasteiger partial charge in [-0.15, -0.1) is 0 Å². The smallest absolute Gasteiger partial charge is 0.330 e. The summed E-state index contributed by atoms with van der Waals surface area (Å²) in [5.74, 6) is -1.29. The van der Waals surface area contributed by atoms with Crippen LogP contribution >= 0.6 is 0 Å². The number of carbonyl (C=O) groups is 1. The van der Waals surface area contributed by atoms with Crippen molar-refractivity contribution < 1.29 is 23.7 Å². The van der Waals surface area contributed by atoms with Gasteiger partial charge in [0.05, 0.1) is 0 Å². The van der Waals surface area contributed by atoms with Crippen LogP contribution in [0.2, 0.25) is 0 Å². The molecule has 3 rings (SSSR count).